The summed E-state index contributed by atoms with van der Waals surface area (Å²) in [5, 5.41) is 7.32. The highest BCUT2D eigenvalue weighted by molar-refractivity contribution is 4.77. The normalized spacial score (nSPS) is 28.7. The lowest BCUT2D eigenvalue weighted by molar-refractivity contribution is 0.281. The van der Waals surface area contributed by atoms with E-state index in [0.29, 0.717) is 6.04 Å². The molecule has 16 heavy (non-hydrogen) atoms. The standard InChI is InChI=1S/C14H28N2/c1-12(11-14-7-2-3-9-16-14)15-10-8-13-5-4-6-13/h12-16H,2-11H2,1H3. The molecule has 1 aliphatic heterocycles. The van der Waals surface area contributed by atoms with Gasteiger partial charge in [0.1, 0.15) is 0 Å². The SMILES string of the molecule is CC(CC1CCCCN1)NCCC1CCC1. The fourth-order valence-corrected chi connectivity index (χ4v) is 2.95. The second-order valence-corrected chi connectivity index (χ2v) is 5.82. The van der Waals surface area contributed by atoms with Crippen LogP contribution in [0.1, 0.15) is 58.3 Å². The zero-order chi connectivity index (χ0) is 11.2. The third-order valence-corrected chi connectivity index (χ3v) is 4.32. The first-order valence-electron chi connectivity index (χ1n) is 7.31. The monoisotopic (exact) mass is 224 g/mol. The van der Waals surface area contributed by atoms with Crippen LogP contribution in [0.3, 0.4) is 0 Å². The molecule has 2 atom stereocenters. The van der Waals surface area contributed by atoms with Crippen molar-refractivity contribution in [1.29, 1.82) is 0 Å². The third-order valence-electron chi connectivity index (χ3n) is 4.32. The topological polar surface area (TPSA) is 24.1 Å². The summed E-state index contributed by atoms with van der Waals surface area (Å²) >= 11 is 0. The van der Waals surface area contributed by atoms with Crippen molar-refractivity contribution in [2.45, 2.75) is 70.4 Å². The first-order chi connectivity index (χ1) is 7.84. The number of piperidine rings is 1. The number of rotatable bonds is 6. The van der Waals surface area contributed by atoms with Crippen LogP contribution in [0.15, 0.2) is 0 Å². The summed E-state index contributed by atoms with van der Waals surface area (Å²) in [6, 6.07) is 1.47. The lowest BCUT2D eigenvalue weighted by Crippen LogP contribution is -2.40. The molecule has 1 saturated heterocycles. The van der Waals surface area contributed by atoms with Crippen LogP contribution < -0.4 is 10.6 Å². The maximum Gasteiger partial charge on any atom is 0.00817 e. The third kappa shape index (κ3) is 4.06. The van der Waals surface area contributed by atoms with Crippen LogP contribution in [0.4, 0.5) is 0 Å². The Morgan fingerprint density at radius 1 is 1.19 bits per heavy atom. The molecular formula is C14H28N2. The van der Waals surface area contributed by atoms with Gasteiger partial charge in [0, 0.05) is 12.1 Å². The first-order valence-corrected chi connectivity index (χ1v) is 7.31. The molecule has 94 valence electrons. The lowest BCUT2D eigenvalue weighted by atomic mass is 9.83. The van der Waals surface area contributed by atoms with Crippen molar-refractivity contribution < 1.29 is 0 Å². The fraction of sp³-hybridized carbons (Fsp3) is 1.00. The molecule has 0 aromatic rings. The molecule has 1 heterocycles. The Labute approximate surface area is 101 Å². The quantitative estimate of drug-likeness (QED) is 0.725. The van der Waals surface area contributed by atoms with Gasteiger partial charge in [0.05, 0.1) is 0 Å². The number of hydrogen-bond donors (Lipinski definition) is 2. The predicted octanol–water partition coefficient (Wildman–Crippen LogP) is 2.69. The molecular weight excluding hydrogens is 196 g/mol. The van der Waals surface area contributed by atoms with E-state index < -0.39 is 0 Å². The molecule has 2 aliphatic rings. The summed E-state index contributed by atoms with van der Waals surface area (Å²) in [6.07, 6.45) is 11.3. The summed E-state index contributed by atoms with van der Waals surface area (Å²) in [5.74, 6) is 1.05. The Balaban J connectivity index is 1.50. The van der Waals surface area contributed by atoms with E-state index in [0.717, 1.165) is 12.0 Å². The van der Waals surface area contributed by atoms with Crippen LogP contribution in [0.5, 0.6) is 0 Å². The van der Waals surface area contributed by atoms with E-state index in [4.69, 9.17) is 0 Å². The molecule has 2 fully saturated rings. The molecule has 2 unspecified atom stereocenters. The summed E-state index contributed by atoms with van der Waals surface area (Å²) < 4.78 is 0. The van der Waals surface area contributed by atoms with E-state index in [1.54, 1.807) is 0 Å². The van der Waals surface area contributed by atoms with Gasteiger partial charge in [0.25, 0.3) is 0 Å². The Morgan fingerprint density at radius 3 is 2.69 bits per heavy atom. The van der Waals surface area contributed by atoms with Gasteiger partial charge in [0.2, 0.25) is 0 Å². The molecule has 1 saturated carbocycles. The van der Waals surface area contributed by atoms with E-state index in [2.05, 4.69) is 17.6 Å². The van der Waals surface area contributed by atoms with Crippen molar-refractivity contribution in [2.24, 2.45) is 5.92 Å². The molecule has 2 N–H and O–H groups in total. The second-order valence-electron chi connectivity index (χ2n) is 5.82. The maximum atomic E-state index is 3.69. The van der Waals surface area contributed by atoms with E-state index in [1.165, 1.54) is 64.5 Å². The zero-order valence-electron chi connectivity index (χ0n) is 10.8. The summed E-state index contributed by atoms with van der Waals surface area (Å²) in [7, 11) is 0. The molecule has 2 heteroatoms. The van der Waals surface area contributed by atoms with Gasteiger partial charge in [-0.05, 0) is 51.6 Å². The van der Waals surface area contributed by atoms with Crippen LogP contribution in [-0.2, 0) is 0 Å². The fourth-order valence-electron chi connectivity index (χ4n) is 2.95. The van der Waals surface area contributed by atoms with Crippen molar-refractivity contribution in [3.05, 3.63) is 0 Å². The second kappa shape index (κ2) is 6.61. The van der Waals surface area contributed by atoms with Crippen molar-refractivity contribution >= 4 is 0 Å². The molecule has 0 radical (unpaired) electrons. The molecule has 0 aromatic heterocycles. The average Bonchev–Trinajstić information content (AvgIpc) is 2.23. The molecule has 1 aliphatic carbocycles. The average molecular weight is 224 g/mol. The van der Waals surface area contributed by atoms with Crippen molar-refractivity contribution in [1.82, 2.24) is 10.6 Å². The molecule has 0 bridgehead atoms. The van der Waals surface area contributed by atoms with Crippen molar-refractivity contribution in [2.75, 3.05) is 13.1 Å². The van der Waals surface area contributed by atoms with Gasteiger partial charge in [0.15, 0.2) is 0 Å². The Bertz CT molecular complexity index is 183. The summed E-state index contributed by atoms with van der Waals surface area (Å²) in [5.41, 5.74) is 0. The van der Waals surface area contributed by atoms with Gasteiger partial charge in [-0.1, -0.05) is 25.7 Å². The van der Waals surface area contributed by atoms with Crippen LogP contribution in [0, 0.1) is 5.92 Å². The number of hydrogen-bond acceptors (Lipinski definition) is 2. The highest BCUT2D eigenvalue weighted by Gasteiger charge is 2.18. The van der Waals surface area contributed by atoms with Crippen molar-refractivity contribution in [3.63, 3.8) is 0 Å². The van der Waals surface area contributed by atoms with Gasteiger partial charge in [-0.3, -0.25) is 0 Å². The highest BCUT2D eigenvalue weighted by Crippen LogP contribution is 2.28. The minimum Gasteiger partial charge on any atom is -0.314 e. The van der Waals surface area contributed by atoms with E-state index in [1.807, 2.05) is 0 Å². The molecule has 2 rings (SSSR count). The van der Waals surface area contributed by atoms with Gasteiger partial charge < -0.3 is 10.6 Å². The Hall–Kier alpha value is -0.0800. The zero-order valence-corrected chi connectivity index (χ0v) is 10.8. The van der Waals surface area contributed by atoms with E-state index >= 15 is 0 Å². The largest absolute Gasteiger partial charge is 0.314 e. The maximum absolute atomic E-state index is 3.69. The van der Waals surface area contributed by atoms with Gasteiger partial charge in [-0.25, -0.2) is 0 Å². The van der Waals surface area contributed by atoms with Crippen LogP contribution in [0.25, 0.3) is 0 Å². The van der Waals surface area contributed by atoms with E-state index in [9.17, 15) is 0 Å². The van der Waals surface area contributed by atoms with Crippen LogP contribution in [0.2, 0.25) is 0 Å². The summed E-state index contributed by atoms with van der Waals surface area (Å²) in [4.78, 5) is 0. The van der Waals surface area contributed by atoms with Gasteiger partial charge in [-0.2, -0.15) is 0 Å². The van der Waals surface area contributed by atoms with Gasteiger partial charge >= 0.3 is 0 Å². The van der Waals surface area contributed by atoms with E-state index in [-0.39, 0.29) is 0 Å². The first kappa shape index (κ1) is 12.4. The van der Waals surface area contributed by atoms with Crippen LogP contribution >= 0.6 is 0 Å². The van der Waals surface area contributed by atoms with Crippen molar-refractivity contribution in [3.8, 4) is 0 Å². The minimum absolute atomic E-state index is 0.690. The molecule has 0 aromatic carbocycles. The summed E-state index contributed by atoms with van der Waals surface area (Å²) in [6.45, 7) is 4.81. The number of nitrogens with one attached hydrogen (secondary N) is 2. The molecule has 2 nitrogen and oxygen atoms in total. The molecule has 0 amide bonds. The Kier molecular flexibility index (Phi) is 5.11. The van der Waals surface area contributed by atoms with Gasteiger partial charge in [-0.15, -0.1) is 0 Å². The van der Waals surface area contributed by atoms with Crippen LogP contribution in [-0.4, -0.2) is 25.2 Å². The smallest absolute Gasteiger partial charge is 0.00817 e. The Morgan fingerprint density at radius 2 is 2.06 bits per heavy atom. The highest BCUT2D eigenvalue weighted by atomic mass is 15.0. The minimum atomic E-state index is 0.690. The predicted molar refractivity (Wildman–Crippen MR) is 69.7 cm³/mol. The lowest BCUT2D eigenvalue weighted by Gasteiger charge is -2.28. The molecule has 0 spiro atoms.